The van der Waals surface area contributed by atoms with Crippen LogP contribution < -0.4 is 9.47 Å². The molecule has 2 N–H and O–H groups in total. The summed E-state index contributed by atoms with van der Waals surface area (Å²) in [4.78, 5) is 12.4. The van der Waals surface area contributed by atoms with Crippen LogP contribution in [0.15, 0.2) is 18.2 Å². The fourth-order valence-electron chi connectivity index (χ4n) is 2.39. The molecule has 0 amide bonds. The normalized spacial score (nSPS) is 16.4. The van der Waals surface area contributed by atoms with Crippen molar-refractivity contribution in [1.29, 1.82) is 0 Å². The smallest absolute Gasteiger partial charge is 0.231 e. The maximum absolute atomic E-state index is 12.4. The maximum Gasteiger partial charge on any atom is 0.231 e. The third kappa shape index (κ3) is 4.85. The standard InChI is InChI=1S/C19H30O6Si/c1-19(2,3)26(4,5)25-10-6-7-14(20)18(22)17(21)13-8-9-15-16(11-13)24-12-23-15/h8-9,11,14,18,20,22H,6-7,10,12H2,1-5H3/t14-,18+/m0/s1. The van der Waals surface area contributed by atoms with Crippen LogP contribution in [-0.2, 0) is 4.43 Å². The highest BCUT2D eigenvalue weighted by Gasteiger charge is 2.37. The Hall–Kier alpha value is -1.41. The molecule has 1 aliphatic heterocycles. The lowest BCUT2D eigenvalue weighted by molar-refractivity contribution is 0.0154. The minimum Gasteiger partial charge on any atom is -0.454 e. The minimum atomic E-state index is -1.83. The van der Waals surface area contributed by atoms with Gasteiger partial charge in [0.15, 0.2) is 25.6 Å². The van der Waals surface area contributed by atoms with Gasteiger partial charge in [0.2, 0.25) is 6.79 Å². The highest BCUT2D eigenvalue weighted by molar-refractivity contribution is 6.74. The van der Waals surface area contributed by atoms with Crippen molar-refractivity contribution in [3.05, 3.63) is 23.8 Å². The monoisotopic (exact) mass is 382 g/mol. The largest absolute Gasteiger partial charge is 0.454 e. The van der Waals surface area contributed by atoms with Gasteiger partial charge in [-0.15, -0.1) is 0 Å². The van der Waals surface area contributed by atoms with Gasteiger partial charge >= 0.3 is 0 Å². The summed E-state index contributed by atoms with van der Waals surface area (Å²) in [5, 5.41) is 20.5. The summed E-state index contributed by atoms with van der Waals surface area (Å²) in [6.45, 7) is 11.5. The molecule has 1 aromatic rings. The van der Waals surface area contributed by atoms with Gasteiger partial charge in [-0.05, 0) is 49.2 Å². The minimum absolute atomic E-state index is 0.117. The number of carbonyl (C=O) groups excluding carboxylic acids is 1. The molecule has 1 aromatic carbocycles. The zero-order valence-corrected chi connectivity index (χ0v) is 17.2. The Morgan fingerprint density at radius 2 is 1.88 bits per heavy atom. The Morgan fingerprint density at radius 3 is 2.54 bits per heavy atom. The molecule has 2 rings (SSSR count). The molecule has 6 nitrogen and oxygen atoms in total. The summed E-state index contributed by atoms with van der Waals surface area (Å²) in [6.07, 6.45) is -1.72. The summed E-state index contributed by atoms with van der Waals surface area (Å²) in [5.41, 5.74) is 0.290. The Labute approximate surface area is 156 Å². The van der Waals surface area contributed by atoms with Gasteiger partial charge in [0, 0.05) is 12.2 Å². The van der Waals surface area contributed by atoms with E-state index in [0.717, 1.165) is 0 Å². The average Bonchev–Trinajstić information content (AvgIpc) is 3.03. The van der Waals surface area contributed by atoms with E-state index in [4.69, 9.17) is 13.9 Å². The number of benzene rings is 1. The van der Waals surface area contributed by atoms with Gasteiger partial charge in [-0.3, -0.25) is 4.79 Å². The summed E-state index contributed by atoms with van der Waals surface area (Å²) in [5.74, 6) is 0.515. The second kappa shape index (κ2) is 8.08. The second-order valence-electron chi connectivity index (χ2n) is 8.20. The van der Waals surface area contributed by atoms with E-state index in [2.05, 4.69) is 33.9 Å². The number of Topliss-reactive ketones (excluding diaryl/α,β-unsaturated/α-hetero) is 1. The molecule has 1 aliphatic rings. The third-order valence-corrected chi connectivity index (χ3v) is 9.74. The number of fused-ring (bicyclic) bond motifs is 1. The van der Waals surface area contributed by atoms with Crippen molar-refractivity contribution in [1.82, 2.24) is 0 Å². The van der Waals surface area contributed by atoms with Crippen LogP contribution in [0, 0.1) is 0 Å². The van der Waals surface area contributed by atoms with Gasteiger partial charge in [-0.25, -0.2) is 0 Å². The predicted molar refractivity (Wildman–Crippen MR) is 101 cm³/mol. The molecule has 0 fully saturated rings. The van der Waals surface area contributed by atoms with Crippen molar-refractivity contribution in [2.75, 3.05) is 13.4 Å². The van der Waals surface area contributed by atoms with Gasteiger partial charge < -0.3 is 24.1 Å². The quantitative estimate of drug-likeness (QED) is 0.408. The molecule has 0 aromatic heterocycles. The number of rotatable bonds is 8. The summed E-state index contributed by atoms with van der Waals surface area (Å²) < 4.78 is 16.5. The van der Waals surface area contributed by atoms with Gasteiger partial charge in [-0.1, -0.05) is 20.8 Å². The van der Waals surface area contributed by atoms with Gasteiger partial charge in [0.25, 0.3) is 0 Å². The Bertz CT molecular complexity index is 637. The SMILES string of the molecule is CC(C)(C)[Si](C)(C)OCCC[C@H](O)[C@@H](O)C(=O)c1ccc2c(c1)OCO2. The van der Waals surface area contributed by atoms with Gasteiger partial charge in [-0.2, -0.15) is 0 Å². The van der Waals surface area contributed by atoms with E-state index in [1.165, 1.54) is 6.07 Å². The van der Waals surface area contributed by atoms with Crippen LogP contribution in [0.1, 0.15) is 44.0 Å². The molecule has 146 valence electrons. The van der Waals surface area contributed by atoms with Crippen LogP contribution in [0.4, 0.5) is 0 Å². The first kappa shape index (κ1) is 20.9. The topological polar surface area (TPSA) is 85.2 Å². The van der Waals surface area contributed by atoms with Crippen molar-refractivity contribution in [3.63, 3.8) is 0 Å². The van der Waals surface area contributed by atoms with E-state index in [1.54, 1.807) is 12.1 Å². The Morgan fingerprint density at radius 1 is 1.23 bits per heavy atom. The summed E-state index contributed by atoms with van der Waals surface area (Å²) in [7, 11) is -1.83. The number of carbonyl (C=O) groups is 1. The fourth-order valence-corrected chi connectivity index (χ4v) is 3.48. The molecule has 0 spiro atoms. The van der Waals surface area contributed by atoms with Crippen molar-refractivity contribution in [2.24, 2.45) is 0 Å². The molecule has 26 heavy (non-hydrogen) atoms. The van der Waals surface area contributed by atoms with E-state index >= 15 is 0 Å². The number of aliphatic hydroxyl groups excluding tert-OH is 2. The molecule has 0 aliphatic carbocycles. The number of hydrogen-bond acceptors (Lipinski definition) is 6. The molecule has 7 heteroatoms. The number of hydrogen-bond donors (Lipinski definition) is 2. The van der Waals surface area contributed by atoms with E-state index in [0.29, 0.717) is 36.5 Å². The first-order valence-corrected chi connectivity index (χ1v) is 11.9. The van der Waals surface area contributed by atoms with Crippen LogP contribution in [0.3, 0.4) is 0 Å². The van der Waals surface area contributed by atoms with Crippen molar-refractivity contribution in [2.45, 2.75) is 64.0 Å². The maximum atomic E-state index is 12.4. The molecule has 0 saturated carbocycles. The lowest BCUT2D eigenvalue weighted by atomic mass is 9.99. The first-order valence-electron chi connectivity index (χ1n) is 8.97. The van der Waals surface area contributed by atoms with Crippen molar-refractivity contribution < 1.29 is 28.9 Å². The number of ketones is 1. The molecule has 0 radical (unpaired) electrons. The molecule has 0 saturated heterocycles. The van der Waals surface area contributed by atoms with E-state index in [9.17, 15) is 15.0 Å². The highest BCUT2D eigenvalue weighted by Crippen LogP contribution is 2.36. The Balaban J connectivity index is 1.83. The molecule has 0 bridgehead atoms. The highest BCUT2D eigenvalue weighted by atomic mass is 28.4. The molecule has 2 atom stereocenters. The Kier molecular flexibility index (Phi) is 6.49. The van der Waals surface area contributed by atoms with Crippen molar-refractivity contribution >= 4 is 14.1 Å². The summed E-state index contributed by atoms with van der Waals surface area (Å²) in [6, 6.07) is 4.72. The van der Waals surface area contributed by atoms with E-state index in [-0.39, 0.29) is 11.8 Å². The third-order valence-electron chi connectivity index (χ3n) is 5.20. The molecule has 1 heterocycles. The fraction of sp³-hybridized carbons (Fsp3) is 0.632. The average molecular weight is 383 g/mol. The number of ether oxygens (including phenoxy) is 2. The van der Waals surface area contributed by atoms with Crippen LogP contribution in [0.25, 0.3) is 0 Å². The van der Waals surface area contributed by atoms with Crippen LogP contribution in [0.5, 0.6) is 11.5 Å². The lowest BCUT2D eigenvalue weighted by Gasteiger charge is -2.36. The van der Waals surface area contributed by atoms with Gasteiger partial charge in [0.1, 0.15) is 6.10 Å². The lowest BCUT2D eigenvalue weighted by Crippen LogP contribution is -2.41. The van der Waals surface area contributed by atoms with Crippen LogP contribution in [0.2, 0.25) is 18.1 Å². The van der Waals surface area contributed by atoms with Crippen molar-refractivity contribution in [3.8, 4) is 11.5 Å². The van der Waals surface area contributed by atoms with E-state index in [1.807, 2.05) is 0 Å². The molecular formula is C19H30O6Si. The predicted octanol–water partition coefficient (Wildman–Crippen LogP) is 3.12. The molecule has 0 unspecified atom stereocenters. The second-order valence-corrected chi connectivity index (χ2v) is 13.0. The zero-order valence-electron chi connectivity index (χ0n) is 16.2. The first-order chi connectivity index (χ1) is 12.0. The van der Waals surface area contributed by atoms with Crippen LogP contribution >= 0.6 is 0 Å². The van der Waals surface area contributed by atoms with E-state index < -0.39 is 26.3 Å². The van der Waals surface area contributed by atoms with Crippen LogP contribution in [-0.4, -0.2) is 49.9 Å². The summed E-state index contributed by atoms with van der Waals surface area (Å²) >= 11 is 0. The molecular weight excluding hydrogens is 352 g/mol. The zero-order chi connectivity index (χ0) is 19.5. The number of aliphatic hydroxyl groups is 2. The van der Waals surface area contributed by atoms with Gasteiger partial charge in [0.05, 0.1) is 6.10 Å².